The molecule has 1 aliphatic rings. The SMILES string of the molecule is Cc1ccc(NC(=O)CCNC(=O)Nc2ccc(OCCCN3CCCC3)cc2)nc1. The summed E-state index contributed by atoms with van der Waals surface area (Å²) in [6.45, 7) is 6.33. The van der Waals surface area contributed by atoms with E-state index in [-0.39, 0.29) is 24.9 Å². The molecule has 0 aliphatic carbocycles. The Labute approximate surface area is 183 Å². The summed E-state index contributed by atoms with van der Waals surface area (Å²) in [6.07, 6.45) is 5.47. The number of pyridine rings is 1. The minimum atomic E-state index is -0.361. The van der Waals surface area contributed by atoms with Crippen LogP contribution in [0.3, 0.4) is 0 Å². The van der Waals surface area contributed by atoms with E-state index in [9.17, 15) is 9.59 Å². The highest BCUT2D eigenvalue weighted by atomic mass is 16.5. The number of aromatic nitrogens is 1. The van der Waals surface area contributed by atoms with Crippen molar-refractivity contribution in [2.75, 3.05) is 43.4 Å². The number of hydrogen-bond donors (Lipinski definition) is 3. The first kappa shape index (κ1) is 22.6. The van der Waals surface area contributed by atoms with Gasteiger partial charge in [0.2, 0.25) is 5.91 Å². The third-order valence-corrected chi connectivity index (χ3v) is 5.01. The molecule has 0 radical (unpaired) electrons. The van der Waals surface area contributed by atoms with Gasteiger partial charge in [0.15, 0.2) is 0 Å². The lowest BCUT2D eigenvalue weighted by molar-refractivity contribution is -0.116. The Kier molecular flexibility index (Phi) is 8.66. The predicted octanol–water partition coefficient (Wildman–Crippen LogP) is 3.41. The average Bonchev–Trinajstić information content (AvgIpc) is 3.28. The molecule has 1 fully saturated rings. The van der Waals surface area contributed by atoms with Gasteiger partial charge in [-0.15, -0.1) is 0 Å². The Morgan fingerprint density at radius 2 is 1.84 bits per heavy atom. The van der Waals surface area contributed by atoms with Crippen LogP contribution < -0.4 is 20.7 Å². The van der Waals surface area contributed by atoms with Gasteiger partial charge in [0.25, 0.3) is 0 Å². The number of likely N-dealkylation sites (tertiary alicyclic amines) is 1. The van der Waals surface area contributed by atoms with E-state index in [0.717, 1.165) is 24.3 Å². The fourth-order valence-corrected chi connectivity index (χ4v) is 3.33. The van der Waals surface area contributed by atoms with Crippen LogP contribution in [0.2, 0.25) is 0 Å². The van der Waals surface area contributed by atoms with Crippen LogP contribution >= 0.6 is 0 Å². The summed E-state index contributed by atoms with van der Waals surface area (Å²) in [6, 6.07) is 10.5. The smallest absolute Gasteiger partial charge is 0.319 e. The lowest BCUT2D eigenvalue weighted by Gasteiger charge is -2.14. The summed E-state index contributed by atoms with van der Waals surface area (Å²) in [5, 5.41) is 8.12. The molecule has 1 aromatic heterocycles. The predicted molar refractivity (Wildman–Crippen MR) is 121 cm³/mol. The highest BCUT2D eigenvalue weighted by Gasteiger charge is 2.10. The first-order chi connectivity index (χ1) is 15.1. The highest BCUT2D eigenvalue weighted by molar-refractivity contribution is 5.91. The van der Waals surface area contributed by atoms with Crippen molar-refractivity contribution in [1.29, 1.82) is 0 Å². The second-order valence-corrected chi connectivity index (χ2v) is 7.68. The molecule has 166 valence electrons. The molecule has 2 aromatic rings. The van der Waals surface area contributed by atoms with Gasteiger partial charge in [-0.25, -0.2) is 9.78 Å². The average molecular weight is 426 g/mol. The van der Waals surface area contributed by atoms with Crippen molar-refractivity contribution >= 4 is 23.4 Å². The van der Waals surface area contributed by atoms with Gasteiger partial charge in [-0.3, -0.25) is 4.79 Å². The van der Waals surface area contributed by atoms with Gasteiger partial charge in [-0.1, -0.05) is 6.07 Å². The molecule has 3 N–H and O–H groups in total. The molecule has 8 heteroatoms. The van der Waals surface area contributed by atoms with Gasteiger partial charge in [0.1, 0.15) is 11.6 Å². The lowest BCUT2D eigenvalue weighted by atomic mass is 10.3. The number of anilines is 2. The van der Waals surface area contributed by atoms with Crippen molar-refractivity contribution in [1.82, 2.24) is 15.2 Å². The number of urea groups is 1. The Morgan fingerprint density at radius 1 is 1.06 bits per heavy atom. The van der Waals surface area contributed by atoms with Crippen LogP contribution in [0.25, 0.3) is 0 Å². The largest absolute Gasteiger partial charge is 0.494 e. The minimum Gasteiger partial charge on any atom is -0.494 e. The zero-order valence-electron chi connectivity index (χ0n) is 18.0. The quantitative estimate of drug-likeness (QED) is 0.507. The number of ether oxygens (including phenoxy) is 1. The number of nitrogens with one attached hydrogen (secondary N) is 3. The maximum absolute atomic E-state index is 12.0. The summed E-state index contributed by atoms with van der Waals surface area (Å²) >= 11 is 0. The molecule has 0 unspecified atom stereocenters. The van der Waals surface area contributed by atoms with Crippen molar-refractivity contribution in [3.05, 3.63) is 48.2 Å². The van der Waals surface area contributed by atoms with E-state index >= 15 is 0 Å². The molecular formula is C23H31N5O3. The molecule has 1 saturated heterocycles. The molecule has 0 spiro atoms. The lowest BCUT2D eigenvalue weighted by Crippen LogP contribution is -2.31. The highest BCUT2D eigenvalue weighted by Crippen LogP contribution is 2.16. The van der Waals surface area contributed by atoms with Gasteiger partial charge >= 0.3 is 6.03 Å². The van der Waals surface area contributed by atoms with Crippen LogP contribution in [0.5, 0.6) is 5.75 Å². The van der Waals surface area contributed by atoms with Crippen LogP contribution in [-0.2, 0) is 4.79 Å². The zero-order valence-corrected chi connectivity index (χ0v) is 18.0. The number of hydrogen-bond acceptors (Lipinski definition) is 5. The van der Waals surface area contributed by atoms with E-state index in [0.29, 0.717) is 18.1 Å². The molecule has 0 bridgehead atoms. The Hall–Kier alpha value is -3.13. The minimum absolute atomic E-state index is 0.160. The number of benzene rings is 1. The molecule has 1 aliphatic heterocycles. The van der Waals surface area contributed by atoms with Crippen molar-refractivity contribution in [2.24, 2.45) is 0 Å². The van der Waals surface area contributed by atoms with E-state index in [1.165, 1.54) is 25.9 Å². The first-order valence-corrected chi connectivity index (χ1v) is 10.8. The van der Waals surface area contributed by atoms with Gasteiger partial charge < -0.3 is 25.6 Å². The third-order valence-electron chi connectivity index (χ3n) is 5.01. The third kappa shape index (κ3) is 8.25. The van der Waals surface area contributed by atoms with Gasteiger partial charge in [-0.2, -0.15) is 0 Å². The van der Waals surface area contributed by atoms with Gasteiger partial charge in [0.05, 0.1) is 6.61 Å². The standard InChI is InChI=1S/C23H31N5O3/c1-18-5-10-21(25-17-18)27-22(29)11-12-24-23(30)26-19-6-8-20(9-7-19)31-16-4-15-28-13-2-3-14-28/h5-10,17H,2-4,11-16H2,1H3,(H2,24,26,30)(H,25,27,29). The molecular weight excluding hydrogens is 394 g/mol. The molecule has 1 aromatic carbocycles. The number of carbonyl (C=O) groups is 2. The summed E-state index contributed by atoms with van der Waals surface area (Å²) in [4.78, 5) is 30.5. The van der Waals surface area contributed by atoms with E-state index in [4.69, 9.17) is 4.74 Å². The summed E-state index contributed by atoms with van der Waals surface area (Å²) in [5.41, 5.74) is 1.68. The first-order valence-electron chi connectivity index (χ1n) is 10.8. The van der Waals surface area contributed by atoms with E-state index < -0.39 is 0 Å². The fraction of sp³-hybridized carbons (Fsp3) is 0.435. The van der Waals surface area contributed by atoms with Crippen LogP contribution in [0.4, 0.5) is 16.3 Å². The molecule has 3 amide bonds. The Balaban J connectivity index is 1.28. The van der Waals surface area contributed by atoms with Crippen molar-refractivity contribution in [2.45, 2.75) is 32.6 Å². The van der Waals surface area contributed by atoms with E-state index in [2.05, 4.69) is 25.8 Å². The van der Waals surface area contributed by atoms with Gasteiger partial charge in [0, 0.05) is 31.4 Å². The molecule has 0 atom stereocenters. The summed E-state index contributed by atoms with van der Waals surface area (Å²) in [5.74, 6) is 1.08. The molecule has 31 heavy (non-hydrogen) atoms. The molecule has 2 heterocycles. The number of rotatable bonds is 10. The van der Waals surface area contributed by atoms with Crippen LogP contribution in [-0.4, -0.2) is 54.6 Å². The fourth-order valence-electron chi connectivity index (χ4n) is 3.33. The second kappa shape index (κ2) is 11.9. The maximum atomic E-state index is 12.0. The number of amides is 3. The van der Waals surface area contributed by atoms with Crippen LogP contribution in [0, 0.1) is 6.92 Å². The molecule has 8 nitrogen and oxygen atoms in total. The molecule has 0 saturated carbocycles. The second-order valence-electron chi connectivity index (χ2n) is 7.68. The number of carbonyl (C=O) groups excluding carboxylic acids is 2. The van der Waals surface area contributed by atoms with E-state index in [1.54, 1.807) is 24.4 Å². The Bertz CT molecular complexity index is 833. The zero-order chi connectivity index (χ0) is 21.9. The van der Waals surface area contributed by atoms with E-state index in [1.807, 2.05) is 25.1 Å². The topological polar surface area (TPSA) is 95.6 Å². The number of nitrogens with zero attached hydrogens (tertiary/aromatic N) is 2. The maximum Gasteiger partial charge on any atom is 0.319 e. The number of aryl methyl sites for hydroxylation is 1. The van der Waals surface area contributed by atoms with Crippen LogP contribution in [0.1, 0.15) is 31.2 Å². The molecule has 3 rings (SSSR count). The Morgan fingerprint density at radius 3 is 2.55 bits per heavy atom. The van der Waals surface area contributed by atoms with Crippen molar-refractivity contribution < 1.29 is 14.3 Å². The summed E-state index contributed by atoms with van der Waals surface area (Å²) in [7, 11) is 0. The summed E-state index contributed by atoms with van der Waals surface area (Å²) < 4.78 is 5.77. The monoisotopic (exact) mass is 425 g/mol. The van der Waals surface area contributed by atoms with Crippen molar-refractivity contribution in [3.63, 3.8) is 0 Å². The van der Waals surface area contributed by atoms with Gasteiger partial charge in [-0.05, 0) is 75.2 Å². The van der Waals surface area contributed by atoms with Crippen LogP contribution in [0.15, 0.2) is 42.6 Å². The van der Waals surface area contributed by atoms with Crippen molar-refractivity contribution in [3.8, 4) is 5.75 Å². The normalized spacial score (nSPS) is 13.6.